The molecule has 0 aliphatic heterocycles. The Hall–Kier alpha value is -5.05. The maximum absolute atomic E-state index is 14.0. The van der Waals surface area contributed by atoms with E-state index in [1.807, 2.05) is 50.2 Å². The molecule has 0 aliphatic carbocycles. The second kappa shape index (κ2) is 11.2. The fourth-order valence-electron chi connectivity index (χ4n) is 4.07. The summed E-state index contributed by atoms with van der Waals surface area (Å²) in [6.07, 6.45) is -5.04. The number of benzene rings is 4. The van der Waals surface area contributed by atoms with E-state index in [-0.39, 0.29) is 16.9 Å². The van der Waals surface area contributed by atoms with Gasteiger partial charge in [0.1, 0.15) is 22.8 Å². The number of rotatable bonds is 7. The molecule has 0 radical (unpaired) electrons. The molecular weight excluding hydrogens is 537 g/mol. The SMILES string of the molecule is Cc1ccc(OCC(=O)Oc2ccc3c(=O)c(Oc4ccc(-c5ccccc5)cc4)c(C(F)(F)F)oc3c2)cc1C. The molecule has 0 aliphatic rings. The molecule has 5 aromatic rings. The number of ether oxygens (including phenoxy) is 3. The molecule has 0 bridgehead atoms. The van der Waals surface area contributed by atoms with E-state index in [2.05, 4.69) is 0 Å². The molecule has 208 valence electrons. The van der Waals surface area contributed by atoms with E-state index in [0.29, 0.717) is 5.75 Å². The predicted molar refractivity (Wildman–Crippen MR) is 146 cm³/mol. The normalized spacial score (nSPS) is 11.3. The third-order valence-electron chi connectivity index (χ3n) is 6.33. The van der Waals surface area contributed by atoms with Gasteiger partial charge in [-0.05, 0) is 72.5 Å². The van der Waals surface area contributed by atoms with Crippen LogP contribution in [0.1, 0.15) is 16.9 Å². The number of aryl methyl sites for hydroxylation is 2. The van der Waals surface area contributed by atoms with Crippen LogP contribution in [0.25, 0.3) is 22.1 Å². The lowest BCUT2D eigenvalue weighted by Gasteiger charge is -2.14. The van der Waals surface area contributed by atoms with Crippen molar-refractivity contribution in [2.24, 2.45) is 0 Å². The number of halogens is 3. The number of carbonyl (C=O) groups excluding carboxylic acids is 1. The third kappa shape index (κ3) is 6.24. The lowest BCUT2D eigenvalue weighted by molar-refractivity contribution is -0.154. The van der Waals surface area contributed by atoms with E-state index in [0.717, 1.165) is 28.3 Å². The lowest BCUT2D eigenvalue weighted by atomic mass is 10.1. The Labute approximate surface area is 232 Å². The molecule has 4 aromatic carbocycles. The first-order valence-corrected chi connectivity index (χ1v) is 12.5. The summed E-state index contributed by atoms with van der Waals surface area (Å²) < 4.78 is 63.0. The van der Waals surface area contributed by atoms with Crippen molar-refractivity contribution in [3.63, 3.8) is 0 Å². The van der Waals surface area contributed by atoms with Crippen molar-refractivity contribution in [2.75, 3.05) is 6.61 Å². The predicted octanol–water partition coefficient (Wildman–Crippen LogP) is 7.87. The minimum atomic E-state index is -5.04. The molecule has 0 unspecified atom stereocenters. The maximum Gasteiger partial charge on any atom is 0.453 e. The number of alkyl halides is 3. The number of carbonyl (C=O) groups is 1. The highest BCUT2D eigenvalue weighted by Gasteiger charge is 2.40. The van der Waals surface area contributed by atoms with Gasteiger partial charge in [-0.15, -0.1) is 0 Å². The Balaban J connectivity index is 1.38. The van der Waals surface area contributed by atoms with Crippen molar-refractivity contribution in [3.8, 4) is 34.1 Å². The highest BCUT2D eigenvalue weighted by molar-refractivity contribution is 5.81. The Bertz CT molecular complexity index is 1770. The third-order valence-corrected chi connectivity index (χ3v) is 6.33. The van der Waals surface area contributed by atoms with E-state index in [1.165, 1.54) is 24.3 Å². The van der Waals surface area contributed by atoms with E-state index in [9.17, 15) is 22.8 Å². The number of esters is 1. The standard InChI is InChI=1S/C32H23F3O6/c1-19-8-11-24(16-20(19)2)38-18-28(36)39-25-14-15-26-27(17-25)41-31(32(33,34)35)30(29(26)37)40-23-12-9-22(10-13-23)21-6-4-3-5-7-21/h3-17H,18H2,1-2H3. The van der Waals surface area contributed by atoms with Crippen LogP contribution >= 0.6 is 0 Å². The molecule has 6 nitrogen and oxygen atoms in total. The Morgan fingerprint density at radius 3 is 2.12 bits per heavy atom. The van der Waals surface area contributed by atoms with Gasteiger partial charge in [0.25, 0.3) is 5.76 Å². The molecule has 0 spiro atoms. The molecule has 0 atom stereocenters. The summed E-state index contributed by atoms with van der Waals surface area (Å²) in [4.78, 5) is 25.4. The fourth-order valence-corrected chi connectivity index (χ4v) is 4.07. The van der Waals surface area contributed by atoms with Gasteiger partial charge in [0.05, 0.1) is 5.39 Å². The zero-order valence-corrected chi connectivity index (χ0v) is 22.0. The summed E-state index contributed by atoms with van der Waals surface area (Å²) in [6, 6.07) is 24.5. The molecular formula is C32H23F3O6. The van der Waals surface area contributed by atoms with Crippen molar-refractivity contribution in [3.05, 3.63) is 118 Å². The molecule has 5 rings (SSSR count). The second-order valence-electron chi connectivity index (χ2n) is 9.25. The van der Waals surface area contributed by atoms with Crippen LogP contribution in [-0.2, 0) is 11.0 Å². The Morgan fingerprint density at radius 2 is 1.44 bits per heavy atom. The van der Waals surface area contributed by atoms with E-state index >= 15 is 0 Å². The monoisotopic (exact) mass is 560 g/mol. The topological polar surface area (TPSA) is 75.0 Å². The second-order valence-corrected chi connectivity index (χ2v) is 9.25. The number of hydrogen-bond acceptors (Lipinski definition) is 6. The van der Waals surface area contributed by atoms with Crippen LogP contribution in [0.2, 0.25) is 0 Å². The molecule has 0 saturated heterocycles. The molecule has 1 heterocycles. The molecule has 0 saturated carbocycles. The summed E-state index contributed by atoms with van der Waals surface area (Å²) in [5.74, 6) is -3.03. The summed E-state index contributed by atoms with van der Waals surface area (Å²) in [5, 5.41) is -0.180. The van der Waals surface area contributed by atoms with Gasteiger partial charge in [0.15, 0.2) is 6.61 Å². The van der Waals surface area contributed by atoms with Gasteiger partial charge < -0.3 is 18.6 Å². The zero-order valence-electron chi connectivity index (χ0n) is 22.0. The highest BCUT2D eigenvalue weighted by Crippen LogP contribution is 2.39. The molecule has 0 fully saturated rings. The molecule has 0 amide bonds. The van der Waals surface area contributed by atoms with Gasteiger partial charge in [-0.3, -0.25) is 4.79 Å². The summed E-state index contributed by atoms with van der Waals surface area (Å²) in [7, 11) is 0. The van der Waals surface area contributed by atoms with Crippen LogP contribution in [-0.4, -0.2) is 12.6 Å². The van der Waals surface area contributed by atoms with Gasteiger partial charge in [0.2, 0.25) is 11.2 Å². The number of hydrogen-bond donors (Lipinski definition) is 0. The molecule has 41 heavy (non-hydrogen) atoms. The fraction of sp³-hybridized carbons (Fsp3) is 0.125. The van der Waals surface area contributed by atoms with Gasteiger partial charge in [-0.2, -0.15) is 13.2 Å². The molecule has 9 heteroatoms. The summed E-state index contributed by atoms with van der Waals surface area (Å²) in [6.45, 7) is 3.40. The minimum Gasteiger partial charge on any atom is -0.482 e. The van der Waals surface area contributed by atoms with Crippen molar-refractivity contribution in [2.45, 2.75) is 20.0 Å². The van der Waals surface area contributed by atoms with E-state index in [4.69, 9.17) is 18.6 Å². The molecule has 0 N–H and O–H groups in total. The van der Waals surface area contributed by atoms with Gasteiger partial charge in [-0.25, -0.2) is 4.79 Å². The van der Waals surface area contributed by atoms with E-state index in [1.54, 1.807) is 24.3 Å². The molecule has 1 aromatic heterocycles. The Kier molecular flexibility index (Phi) is 7.52. The smallest absolute Gasteiger partial charge is 0.453 e. The average molecular weight is 561 g/mol. The zero-order chi connectivity index (χ0) is 29.1. The quantitative estimate of drug-likeness (QED) is 0.149. The van der Waals surface area contributed by atoms with Crippen LogP contribution in [0.5, 0.6) is 23.0 Å². The minimum absolute atomic E-state index is 0.0242. The van der Waals surface area contributed by atoms with Crippen molar-refractivity contribution in [1.29, 1.82) is 0 Å². The maximum atomic E-state index is 14.0. The van der Waals surface area contributed by atoms with Crippen molar-refractivity contribution < 1.29 is 36.6 Å². The van der Waals surface area contributed by atoms with Crippen LogP contribution in [0.4, 0.5) is 13.2 Å². The van der Waals surface area contributed by atoms with Gasteiger partial charge >= 0.3 is 12.1 Å². The summed E-state index contributed by atoms with van der Waals surface area (Å²) >= 11 is 0. The Morgan fingerprint density at radius 1 is 0.780 bits per heavy atom. The van der Waals surface area contributed by atoms with Crippen LogP contribution in [0.3, 0.4) is 0 Å². The van der Waals surface area contributed by atoms with E-state index < -0.39 is 41.3 Å². The van der Waals surface area contributed by atoms with Gasteiger partial charge in [0, 0.05) is 6.07 Å². The van der Waals surface area contributed by atoms with Gasteiger partial charge in [-0.1, -0.05) is 48.5 Å². The van der Waals surface area contributed by atoms with Crippen LogP contribution in [0.15, 0.2) is 100 Å². The largest absolute Gasteiger partial charge is 0.482 e. The summed E-state index contributed by atoms with van der Waals surface area (Å²) in [5.41, 5.74) is 2.32. The van der Waals surface area contributed by atoms with Crippen LogP contribution in [0, 0.1) is 13.8 Å². The van der Waals surface area contributed by atoms with Crippen molar-refractivity contribution >= 4 is 16.9 Å². The lowest BCUT2D eigenvalue weighted by Crippen LogP contribution is -2.18. The first-order chi connectivity index (χ1) is 19.6. The van der Waals surface area contributed by atoms with Crippen LogP contribution < -0.4 is 19.6 Å². The highest BCUT2D eigenvalue weighted by atomic mass is 19.4. The van der Waals surface area contributed by atoms with Crippen molar-refractivity contribution in [1.82, 2.24) is 0 Å². The average Bonchev–Trinajstić information content (AvgIpc) is 2.95. The number of fused-ring (bicyclic) bond motifs is 1. The first kappa shape index (κ1) is 27.5. The first-order valence-electron chi connectivity index (χ1n) is 12.5.